The molecule has 2 atom stereocenters. The number of halogens is 1. The van der Waals surface area contributed by atoms with Crippen LogP contribution < -0.4 is 15.5 Å². The first-order valence-corrected chi connectivity index (χ1v) is 8.18. The highest BCUT2D eigenvalue weighted by atomic mass is 35.5. The Morgan fingerprint density at radius 3 is 2.87 bits per heavy atom. The fourth-order valence-electron chi connectivity index (χ4n) is 2.58. The van der Waals surface area contributed by atoms with Crippen molar-refractivity contribution in [2.24, 2.45) is 0 Å². The molecule has 1 saturated heterocycles. The maximum absolute atomic E-state index is 12.6. The Labute approximate surface area is 140 Å². The Kier molecular flexibility index (Phi) is 6.24. The van der Waals surface area contributed by atoms with Gasteiger partial charge in [-0.1, -0.05) is 30.7 Å². The number of benzene rings is 1. The van der Waals surface area contributed by atoms with Crippen LogP contribution >= 0.6 is 11.6 Å². The lowest BCUT2D eigenvalue weighted by Crippen LogP contribution is -2.56. The molecule has 1 heterocycles. The summed E-state index contributed by atoms with van der Waals surface area (Å²) < 4.78 is 0. The third-order valence-corrected chi connectivity index (χ3v) is 4.26. The van der Waals surface area contributed by atoms with Gasteiger partial charge in [0, 0.05) is 6.54 Å². The summed E-state index contributed by atoms with van der Waals surface area (Å²) in [4.78, 5) is 26.2. The van der Waals surface area contributed by atoms with E-state index in [9.17, 15) is 9.59 Å². The molecular formula is C16H22ClN3O3. The van der Waals surface area contributed by atoms with Crippen molar-refractivity contribution >= 4 is 29.2 Å². The van der Waals surface area contributed by atoms with Crippen LogP contribution in [0.15, 0.2) is 24.3 Å². The van der Waals surface area contributed by atoms with Crippen molar-refractivity contribution in [1.29, 1.82) is 0 Å². The molecule has 1 fully saturated rings. The van der Waals surface area contributed by atoms with Gasteiger partial charge in [-0.2, -0.15) is 0 Å². The predicted octanol–water partition coefficient (Wildman–Crippen LogP) is 1.91. The lowest BCUT2D eigenvalue weighted by Gasteiger charge is -2.33. The van der Waals surface area contributed by atoms with Crippen molar-refractivity contribution < 1.29 is 14.7 Å². The lowest BCUT2D eigenvalue weighted by molar-refractivity contribution is -0.121. The molecule has 0 aliphatic carbocycles. The van der Waals surface area contributed by atoms with Gasteiger partial charge in [-0.25, -0.2) is 4.79 Å². The van der Waals surface area contributed by atoms with Crippen LogP contribution in [0.3, 0.4) is 0 Å². The van der Waals surface area contributed by atoms with E-state index in [1.54, 1.807) is 17.0 Å². The summed E-state index contributed by atoms with van der Waals surface area (Å²) in [7, 11) is 0. The first-order chi connectivity index (χ1) is 11.1. The summed E-state index contributed by atoms with van der Waals surface area (Å²) in [6.07, 6.45) is 1.98. The molecule has 1 aromatic carbocycles. The van der Waals surface area contributed by atoms with E-state index in [0.717, 1.165) is 6.42 Å². The van der Waals surface area contributed by atoms with Gasteiger partial charge >= 0.3 is 6.03 Å². The molecule has 3 amide bonds. The van der Waals surface area contributed by atoms with Crippen molar-refractivity contribution in [3.05, 3.63) is 29.3 Å². The smallest absolute Gasteiger partial charge is 0.315 e. The summed E-state index contributed by atoms with van der Waals surface area (Å²) in [5.41, 5.74) is 0.660. The average molecular weight is 340 g/mol. The zero-order chi connectivity index (χ0) is 16.8. The number of hydrogen-bond acceptors (Lipinski definition) is 3. The Morgan fingerprint density at radius 1 is 1.48 bits per heavy atom. The van der Waals surface area contributed by atoms with Crippen molar-refractivity contribution in [1.82, 2.24) is 10.6 Å². The molecule has 0 aromatic heterocycles. The molecule has 0 spiro atoms. The largest absolute Gasteiger partial charge is 0.394 e. The van der Waals surface area contributed by atoms with E-state index in [2.05, 4.69) is 10.6 Å². The first-order valence-electron chi connectivity index (χ1n) is 7.80. The Bertz CT molecular complexity index is 563. The van der Waals surface area contributed by atoms with Gasteiger partial charge in [-0.05, 0) is 31.4 Å². The molecule has 23 heavy (non-hydrogen) atoms. The number of carbonyl (C=O) groups is 2. The maximum atomic E-state index is 12.6. The van der Waals surface area contributed by atoms with Crippen LogP contribution in [0, 0.1) is 0 Å². The Balaban J connectivity index is 2.03. The van der Waals surface area contributed by atoms with Crippen molar-refractivity contribution in [2.45, 2.75) is 38.3 Å². The van der Waals surface area contributed by atoms with Gasteiger partial charge in [-0.15, -0.1) is 0 Å². The highest BCUT2D eigenvalue weighted by Crippen LogP contribution is 2.28. The van der Waals surface area contributed by atoms with Crippen LogP contribution in [0.5, 0.6) is 0 Å². The van der Waals surface area contributed by atoms with Gasteiger partial charge in [0.25, 0.3) is 0 Å². The number of amides is 3. The van der Waals surface area contributed by atoms with Crippen LogP contribution in [0.4, 0.5) is 10.5 Å². The second-order valence-corrected chi connectivity index (χ2v) is 5.95. The number of hydrogen-bond donors (Lipinski definition) is 3. The minimum absolute atomic E-state index is 0.131. The first kappa shape index (κ1) is 17.6. The molecule has 126 valence electrons. The monoisotopic (exact) mass is 339 g/mol. The van der Waals surface area contributed by atoms with E-state index in [1.807, 2.05) is 19.1 Å². The van der Waals surface area contributed by atoms with Gasteiger partial charge in [0.2, 0.25) is 5.91 Å². The fraction of sp³-hybridized carbons (Fsp3) is 0.500. The van der Waals surface area contributed by atoms with Gasteiger partial charge in [0.15, 0.2) is 0 Å². The minimum atomic E-state index is -0.587. The molecular weight excluding hydrogens is 318 g/mol. The Morgan fingerprint density at radius 2 is 2.22 bits per heavy atom. The average Bonchev–Trinajstić information content (AvgIpc) is 2.55. The number of rotatable bonds is 5. The molecule has 1 aromatic rings. The maximum Gasteiger partial charge on any atom is 0.315 e. The Hall–Kier alpha value is -1.79. The van der Waals surface area contributed by atoms with E-state index in [-0.39, 0.29) is 18.6 Å². The number of carbonyl (C=O) groups excluding carboxylic acids is 2. The van der Waals surface area contributed by atoms with Gasteiger partial charge < -0.3 is 20.6 Å². The summed E-state index contributed by atoms with van der Waals surface area (Å²) >= 11 is 6.16. The number of urea groups is 1. The molecule has 7 heteroatoms. The van der Waals surface area contributed by atoms with Gasteiger partial charge in [0.05, 0.1) is 23.4 Å². The van der Waals surface area contributed by atoms with E-state index in [4.69, 9.17) is 16.7 Å². The summed E-state index contributed by atoms with van der Waals surface area (Å²) in [5, 5.41) is 15.0. The SMILES string of the molecule is CC[C@H](CO)NC(=O)NC1CCCN(c2ccccc2Cl)C1=O. The normalized spacial score (nSPS) is 19.3. The molecule has 1 unspecified atom stereocenters. The molecule has 0 radical (unpaired) electrons. The van der Waals surface area contributed by atoms with E-state index >= 15 is 0 Å². The number of piperidine rings is 1. The topological polar surface area (TPSA) is 81.7 Å². The molecule has 6 nitrogen and oxygen atoms in total. The number of para-hydroxylation sites is 1. The number of nitrogens with one attached hydrogen (secondary N) is 2. The summed E-state index contributed by atoms with van der Waals surface area (Å²) in [6.45, 7) is 2.32. The minimum Gasteiger partial charge on any atom is -0.394 e. The van der Waals surface area contributed by atoms with Crippen LogP contribution in [-0.2, 0) is 4.79 Å². The quantitative estimate of drug-likeness (QED) is 0.766. The molecule has 1 aliphatic heterocycles. The predicted molar refractivity (Wildman–Crippen MR) is 89.7 cm³/mol. The van der Waals surface area contributed by atoms with Crippen LogP contribution in [0.2, 0.25) is 5.02 Å². The zero-order valence-electron chi connectivity index (χ0n) is 13.1. The second kappa shape index (κ2) is 8.17. The van der Waals surface area contributed by atoms with Crippen LogP contribution in [-0.4, -0.2) is 42.3 Å². The second-order valence-electron chi connectivity index (χ2n) is 5.54. The third-order valence-electron chi connectivity index (χ3n) is 3.94. The number of nitrogens with zero attached hydrogens (tertiary/aromatic N) is 1. The highest BCUT2D eigenvalue weighted by Gasteiger charge is 2.31. The number of aliphatic hydroxyl groups is 1. The number of anilines is 1. The zero-order valence-corrected chi connectivity index (χ0v) is 13.8. The van der Waals surface area contributed by atoms with E-state index < -0.39 is 12.1 Å². The fourth-order valence-corrected chi connectivity index (χ4v) is 2.82. The van der Waals surface area contributed by atoms with Crippen LogP contribution in [0.1, 0.15) is 26.2 Å². The highest BCUT2D eigenvalue weighted by molar-refractivity contribution is 6.33. The van der Waals surface area contributed by atoms with E-state index in [0.29, 0.717) is 30.1 Å². The standard InChI is InChI=1S/C16H22ClN3O3/c1-2-11(10-21)18-16(23)19-13-7-5-9-20(15(13)22)14-8-4-3-6-12(14)17/h3-4,6,8,11,13,21H,2,5,7,9-10H2,1H3,(H2,18,19,23)/t11-,13?/m1/s1. The van der Waals surface area contributed by atoms with Gasteiger partial charge in [0.1, 0.15) is 6.04 Å². The van der Waals surface area contributed by atoms with Crippen molar-refractivity contribution in [2.75, 3.05) is 18.1 Å². The lowest BCUT2D eigenvalue weighted by atomic mass is 10.0. The molecule has 3 N–H and O–H groups in total. The van der Waals surface area contributed by atoms with Crippen LogP contribution in [0.25, 0.3) is 0 Å². The molecule has 1 aliphatic rings. The molecule has 2 rings (SSSR count). The molecule has 0 bridgehead atoms. The number of aliphatic hydroxyl groups excluding tert-OH is 1. The van der Waals surface area contributed by atoms with E-state index in [1.165, 1.54) is 0 Å². The van der Waals surface area contributed by atoms with Crippen molar-refractivity contribution in [3.63, 3.8) is 0 Å². The van der Waals surface area contributed by atoms with Crippen molar-refractivity contribution in [3.8, 4) is 0 Å². The van der Waals surface area contributed by atoms with Gasteiger partial charge in [-0.3, -0.25) is 4.79 Å². The molecule has 0 saturated carbocycles. The summed E-state index contributed by atoms with van der Waals surface area (Å²) in [6, 6.07) is 5.83. The summed E-state index contributed by atoms with van der Waals surface area (Å²) in [5.74, 6) is -0.170. The third kappa shape index (κ3) is 4.36.